The van der Waals surface area contributed by atoms with Crippen LogP contribution in [0, 0.1) is 0 Å². The molecule has 0 bridgehead atoms. The van der Waals surface area contributed by atoms with E-state index >= 15 is 0 Å². The van der Waals surface area contributed by atoms with Crippen molar-refractivity contribution in [3.63, 3.8) is 0 Å². The van der Waals surface area contributed by atoms with Crippen molar-refractivity contribution in [3.8, 4) is 5.69 Å². The highest BCUT2D eigenvalue weighted by atomic mass is 15.0. The van der Waals surface area contributed by atoms with Gasteiger partial charge in [-0.2, -0.15) is 0 Å². The largest absolute Gasteiger partial charge is 0.333 e. The van der Waals surface area contributed by atoms with Crippen LogP contribution in [0.2, 0.25) is 0 Å². The third-order valence-electron chi connectivity index (χ3n) is 11.0. The molecule has 2 aromatic heterocycles. The van der Waals surface area contributed by atoms with Crippen LogP contribution in [0.4, 0.5) is 0 Å². The fourth-order valence-corrected chi connectivity index (χ4v) is 8.84. The van der Waals surface area contributed by atoms with Gasteiger partial charge in [-0.3, -0.25) is 0 Å². The molecule has 2 heterocycles. The molecule has 234 valence electrons. The summed E-state index contributed by atoms with van der Waals surface area (Å²) < 4.78 is 5.10. The van der Waals surface area contributed by atoms with E-state index in [0.29, 0.717) is 0 Å². The van der Waals surface area contributed by atoms with Crippen LogP contribution in [-0.2, 0) is 0 Å². The maximum Gasteiger partial charge on any atom is 0.0598 e. The predicted octanol–water partition coefficient (Wildman–Crippen LogP) is 12.9. The normalized spacial score (nSPS) is 15.0. The van der Waals surface area contributed by atoms with E-state index in [1.54, 1.807) is 0 Å². The Hall–Kier alpha value is -6.38. The van der Waals surface area contributed by atoms with Gasteiger partial charge in [0, 0.05) is 32.7 Å². The summed E-state index contributed by atoms with van der Waals surface area (Å²) in [5.41, 5.74) is 8.78. The Kier molecular flexibility index (Phi) is 5.82. The van der Waals surface area contributed by atoms with Crippen molar-refractivity contribution in [1.29, 1.82) is 0 Å². The van der Waals surface area contributed by atoms with Crippen LogP contribution in [0.3, 0.4) is 0 Å². The van der Waals surface area contributed by atoms with Gasteiger partial charge in [0.25, 0.3) is 0 Å². The van der Waals surface area contributed by atoms with Crippen LogP contribution in [0.1, 0.15) is 18.0 Å². The number of rotatable bonds is 3. The van der Waals surface area contributed by atoms with Crippen molar-refractivity contribution in [2.45, 2.75) is 12.5 Å². The van der Waals surface area contributed by atoms with Crippen LogP contribution in [0.5, 0.6) is 0 Å². The molecular weight excluding hydrogens is 605 g/mol. The van der Waals surface area contributed by atoms with E-state index in [1.807, 2.05) is 0 Å². The summed E-state index contributed by atoms with van der Waals surface area (Å²) in [6.45, 7) is 0. The van der Waals surface area contributed by atoms with Gasteiger partial charge < -0.3 is 9.13 Å². The van der Waals surface area contributed by atoms with Gasteiger partial charge in [-0.05, 0) is 80.2 Å². The first-order valence-electron chi connectivity index (χ1n) is 17.6. The van der Waals surface area contributed by atoms with Crippen LogP contribution < -0.4 is 0 Å². The maximum atomic E-state index is 2.61. The third-order valence-corrected chi connectivity index (χ3v) is 11.0. The minimum absolute atomic E-state index is 0.206. The van der Waals surface area contributed by atoms with Crippen molar-refractivity contribution >= 4 is 81.5 Å². The Bertz CT molecular complexity index is 3030. The van der Waals surface area contributed by atoms with Gasteiger partial charge in [0.15, 0.2) is 0 Å². The molecule has 0 spiro atoms. The van der Waals surface area contributed by atoms with E-state index in [1.165, 1.54) is 92.8 Å². The lowest BCUT2D eigenvalue weighted by molar-refractivity contribution is 0.651. The summed E-state index contributed by atoms with van der Waals surface area (Å²) in [6.07, 6.45) is 8.07. The Morgan fingerprint density at radius 2 is 1.02 bits per heavy atom. The molecule has 2 heteroatoms. The molecule has 2 nitrogen and oxygen atoms in total. The first kappa shape index (κ1) is 27.6. The molecule has 0 N–H and O–H groups in total. The topological polar surface area (TPSA) is 9.86 Å². The van der Waals surface area contributed by atoms with E-state index in [9.17, 15) is 0 Å². The summed E-state index contributed by atoms with van der Waals surface area (Å²) in [5.74, 6) is 0. The average Bonchev–Trinajstić information content (AvgIpc) is 3.71. The predicted molar refractivity (Wildman–Crippen MR) is 214 cm³/mol. The van der Waals surface area contributed by atoms with Gasteiger partial charge in [0.2, 0.25) is 0 Å². The van der Waals surface area contributed by atoms with Crippen LogP contribution in [0.15, 0.2) is 176 Å². The summed E-state index contributed by atoms with van der Waals surface area (Å²) in [5, 5.41) is 13.0. The Morgan fingerprint density at radius 3 is 1.72 bits per heavy atom. The SMILES string of the molecule is C1=CC(n2c3ccccc3c3ccc4c(c5ccccc5n4-c4ccc5c6ccccc6c6ccccc6c5c4)c32)CC=C1c1ccccc1. The Balaban J connectivity index is 1.20. The number of fused-ring (bicyclic) bond motifs is 13. The minimum Gasteiger partial charge on any atom is -0.333 e. The molecule has 0 amide bonds. The van der Waals surface area contributed by atoms with Gasteiger partial charge in [0.05, 0.1) is 22.6 Å². The fourth-order valence-electron chi connectivity index (χ4n) is 8.84. The zero-order chi connectivity index (χ0) is 32.8. The first-order valence-corrected chi connectivity index (χ1v) is 17.6. The van der Waals surface area contributed by atoms with Crippen LogP contribution in [0.25, 0.3) is 87.2 Å². The lowest BCUT2D eigenvalue weighted by Crippen LogP contribution is -2.08. The zero-order valence-corrected chi connectivity index (χ0v) is 27.4. The fraction of sp³-hybridized carbons (Fsp3) is 0.0417. The first-order chi connectivity index (χ1) is 24.8. The lowest BCUT2D eigenvalue weighted by Gasteiger charge is -2.21. The molecule has 0 fully saturated rings. The van der Waals surface area contributed by atoms with Crippen LogP contribution in [-0.4, -0.2) is 9.13 Å². The summed E-state index contributed by atoms with van der Waals surface area (Å²) in [7, 11) is 0. The zero-order valence-electron chi connectivity index (χ0n) is 27.4. The molecule has 0 saturated carbocycles. The molecule has 10 aromatic rings. The van der Waals surface area contributed by atoms with Gasteiger partial charge >= 0.3 is 0 Å². The maximum absolute atomic E-state index is 2.61. The number of hydrogen-bond donors (Lipinski definition) is 0. The Labute approximate surface area is 289 Å². The molecule has 1 aliphatic carbocycles. The van der Waals surface area contributed by atoms with E-state index in [4.69, 9.17) is 0 Å². The molecule has 1 atom stereocenters. The van der Waals surface area contributed by atoms with E-state index in [-0.39, 0.29) is 6.04 Å². The number of benzene rings is 8. The van der Waals surface area contributed by atoms with Crippen molar-refractivity contribution < 1.29 is 0 Å². The van der Waals surface area contributed by atoms with E-state index in [2.05, 4.69) is 185 Å². The van der Waals surface area contributed by atoms with Crippen molar-refractivity contribution in [2.24, 2.45) is 0 Å². The van der Waals surface area contributed by atoms with Crippen molar-refractivity contribution in [1.82, 2.24) is 9.13 Å². The van der Waals surface area contributed by atoms with Gasteiger partial charge in [-0.15, -0.1) is 0 Å². The number of para-hydroxylation sites is 2. The smallest absolute Gasteiger partial charge is 0.0598 e. The number of nitrogens with zero attached hydrogens (tertiary/aromatic N) is 2. The second kappa shape index (κ2) is 10.6. The van der Waals surface area contributed by atoms with E-state index in [0.717, 1.165) is 6.42 Å². The monoisotopic (exact) mass is 636 g/mol. The van der Waals surface area contributed by atoms with Gasteiger partial charge in [-0.25, -0.2) is 0 Å². The quantitative estimate of drug-likeness (QED) is 0.171. The number of allylic oxidation sites excluding steroid dienone is 4. The molecule has 1 unspecified atom stereocenters. The summed E-state index contributed by atoms with van der Waals surface area (Å²) in [6, 6.07) is 58.3. The summed E-state index contributed by atoms with van der Waals surface area (Å²) >= 11 is 0. The highest BCUT2D eigenvalue weighted by Crippen LogP contribution is 2.44. The second-order valence-electron chi connectivity index (χ2n) is 13.6. The lowest BCUT2D eigenvalue weighted by atomic mass is 9.94. The van der Waals surface area contributed by atoms with Crippen molar-refractivity contribution in [2.75, 3.05) is 0 Å². The highest BCUT2D eigenvalue weighted by Gasteiger charge is 2.23. The van der Waals surface area contributed by atoms with E-state index < -0.39 is 0 Å². The molecular formula is C48H32N2. The molecule has 8 aromatic carbocycles. The third kappa shape index (κ3) is 3.85. The number of aromatic nitrogens is 2. The number of hydrogen-bond acceptors (Lipinski definition) is 0. The second-order valence-corrected chi connectivity index (χ2v) is 13.6. The molecule has 1 aliphatic rings. The molecule has 0 aliphatic heterocycles. The minimum atomic E-state index is 0.206. The van der Waals surface area contributed by atoms with Gasteiger partial charge in [-0.1, -0.05) is 146 Å². The van der Waals surface area contributed by atoms with Gasteiger partial charge in [0.1, 0.15) is 0 Å². The molecule has 0 radical (unpaired) electrons. The van der Waals surface area contributed by atoms with Crippen LogP contribution >= 0.6 is 0 Å². The van der Waals surface area contributed by atoms with Crippen molar-refractivity contribution in [3.05, 3.63) is 182 Å². The average molecular weight is 637 g/mol. The standard InChI is InChI=1S/C48H32N2/c1-2-12-31(13-3-1)32-22-24-33(25-23-32)50-44-20-10-8-18-40(44)41-28-29-46-47(48(41)50)42-19-9-11-21-45(42)49(46)34-26-27-39-37-16-5-4-14-35(37)36-15-6-7-17-38(36)43(39)30-34/h1-24,26-30,33H,25H2. The molecule has 50 heavy (non-hydrogen) atoms. The molecule has 11 rings (SSSR count). The molecule has 0 saturated heterocycles. The summed E-state index contributed by atoms with van der Waals surface area (Å²) in [4.78, 5) is 0. The Morgan fingerprint density at radius 1 is 0.440 bits per heavy atom. The highest BCUT2D eigenvalue weighted by molar-refractivity contribution is 6.27.